The lowest BCUT2D eigenvalue weighted by atomic mass is 9.86. The van der Waals surface area contributed by atoms with Crippen molar-refractivity contribution in [1.82, 2.24) is 24.8 Å². The van der Waals surface area contributed by atoms with Crippen molar-refractivity contribution in [2.24, 2.45) is 0 Å². The molecule has 1 fully saturated rings. The molecular formula is C19H25N6O3S-. The minimum absolute atomic E-state index is 0.00675. The summed E-state index contributed by atoms with van der Waals surface area (Å²) >= 11 is -2.17. The average Bonchev–Trinajstić information content (AvgIpc) is 3.26. The van der Waals surface area contributed by atoms with Gasteiger partial charge in [-0.2, -0.15) is 5.10 Å². The van der Waals surface area contributed by atoms with Crippen LogP contribution in [0.15, 0.2) is 18.3 Å². The van der Waals surface area contributed by atoms with Crippen LogP contribution in [0.25, 0.3) is 17.0 Å². The van der Waals surface area contributed by atoms with E-state index >= 15 is 0 Å². The van der Waals surface area contributed by atoms with E-state index in [9.17, 15) is 8.76 Å². The van der Waals surface area contributed by atoms with Crippen LogP contribution in [-0.2, 0) is 21.2 Å². The van der Waals surface area contributed by atoms with Crippen LogP contribution in [0.2, 0.25) is 0 Å². The van der Waals surface area contributed by atoms with Crippen molar-refractivity contribution in [1.29, 1.82) is 0 Å². The molecular weight excluding hydrogens is 392 g/mol. The fraction of sp³-hybridized carbons (Fsp3) is 0.526. The van der Waals surface area contributed by atoms with Crippen LogP contribution in [0, 0.1) is 6.92 Å². The molecule has 0 amide bonds. The molecule has 1 unspecified atom stereocenters. The molecule has 1 aliphatic rings. The number of nitrogens with zero attached hydrogens (tertiary/aromatic N) is 5. The van der Waals surface area contributed by atoms with Gasteiger partial charge in [-0.3, -0.25) is 9.31 Å². The number of ether oxygens (including phenoxy) is 1. The molecule has 3 aromatic heterocycles. The smallest absolute Gasteiger partial charge is 0.182 e. The third-order valence-electron chi connectivity index (χ3n) is 5.29. The van der Waals surface area contributed by atoms with Gasteiger partial charge in [-0.05, 0) is 31.5 Å². The molecule has 0 aliphatic carbocycles. The highest BCUT2D eigenvalue weighted by atomic mass is 32.2. The lowest BCUT2D eigenvalue weighted by Crippen LogP contribution is -2.44. The molecule has 1 N–H and O–H groups in total. The molecule has 2 atom stereocenters. The first-order valence-corrected chi connectivity index (χ1v) is 10.8. The van der Waals surface area contributed by atoms with Gasteiger partial charge in [0.05, 0.1) is 31.0 Å². The fourth-order valence-corrected chi connectivity index (χ4v) is 4.54. The highest BCUT2D eigenvalue weighted by Crippen LogP contribution is 2.33. The molecule has 156 valence electrons. The molecule has 1 saturated heterocycles. The number of rotatable bonds is 5. The maximum atomic E-state index is 11.5. The first-order chi connectivity index (χ1) is 13.8. The largest absolute Gasteiger partial charge is 0.772 e. The zero-order valence-electron chi connectivity index (χ0n) is 17.0. The minimum atomic E-state index is -2.17. The topological polar surface area (TPSA) is 111 Å². The van der Waals surface area contributed by atoms with Gasteiger partial charge in [-0.15, -0.1) is 5.10 Å². The molecule has 10 heteroatoms. The Kier molecular flexibility index (Phi) is 5.18. The van der Waals surface area contributed by atoms with Crippen LogP contribution in [0.5, 0.6) is 0 Å². The van der Waals surface area contributed by atoms with Crippen molar-refractivity contribution < 1.29 is 13.5 Å². The van der Waals surface area contributed by atoms with Gasteiger partial charge in [0.1, 0.15) is 11.5 Å². The predicted octanol–water partition coefficient (Wildman–Crippen LogP) is 1.81. The molecule has 9 nitrogen and oxygen atoms in total. The number of fused-ring (bicyclic) bond motifs is 1. The summed E-state index contributed by atoms with van der Waals surface area (Å²) in [5.74, 6) is 1.40. The Morgan fingerprint density at radius 2 is 2.21 bits per heavy atom. The van der Waals surface area contributed by atoms with Gasteiger partial charge in [-0.25, -0.2) is 9.50 Å². The number of aromatic nitrogens is 5. The van der Waals surface area contributed by atoms with Crippen molar-refractivity contribution in [3.05, 3.63) is 29.6 Å². The van der Waals surface area contributed by atoms with Crippen molar-refractivity contribution in [2.75, 3.05) is 30.4 Å². The summed E-state index contributed by atoms with van der Waals surface area (Å²) in [6.45, 7) is 9.85. The average molecular weight is 418 g/mol. The maximum Gasteiger partial charge on any atom is 0.182 e. The van der Waals surface area contributed by atoms with E-state index in [-0.39, 0.29) is 11.8 Å². The second kappa shape index (κ2) is 7.51. The maximum absolute atomic E-state index is 11.5. The van der Waals surface area contributed by atoms with E-state index in [1.807, 2.05) is 32.9 Å². The molecule has 4 rings (SSSR count). The first kappa shape index (κ1) is 20.0. The molecule has 4 heterocycles. The standard InChI is InChI=1S/C19H26N6O3S/c1-12-7-15(22-21-12)18-20-9-16-14(19(3,4)11-29(26)27)8-17(23-25(16)18)24-5-6-28-10-13(24)2/h7-9,13H,5-6,10-11H2,1-4H3,(H,21,22)(H,26,27)/p-1/t13-/m1/s1. The van der Waals surface area contributed by atoms with Crippen LogP contribution in [0.4, 0.5) is 5.82 Å². The Bertz CT molecular complexity index is 1060. The van der Waals surface area contributed by atoms with E-state index in [1.165, 1.54) is 0 Å². The number of morpholine rings is 1. The number of aryl methyl sites for hydroxylation is 1. The number of hydrogen-bond donors (Lipinski definition) is 1. The Hall–Kier alpha value is -2.30. The van der Waals surface area contributed by atoms with Crippen LogP contribution in [-0.4, -0.2) is 65.1 Å². The number of hydrogen-bond acceptors (Lipinski definition) is 7. The van der Waals surface area contributed by atoms with Crippen molar-refractivity contribution in [3.8, 4) is 11.5 Å². The third kappa shape index (κ3) is 3.79. The predicted molar refractivity (Wildman–Crippen MR) is 110 cm³/mol. The van der Waals surface area contributed by atoms with E-state index < -0.39 is 16.5 Å². The van der Waals surface area contributed by atoms with E-state index in [0.29, 0.717) is 24.7 Å². The van der Waals surface area contributed by atoms with Gasteiger partial charge in [0, 0.05) is 23.4 Å². The Morgan fingerprint density at radius 1 is 1.41 bits per heavy atom. The Balaban J connectivity index is 1.93. The monoisotopic (exact) mass is 417 g/mol. The molecule has 3 aromatic rings. The lowest BCUT2D eigenvalue weighted by Gasteiger charge is -2.35. The number of imidazole rings is 1. The van der Waals surface area contributed by atoms with Gasteiger partial charge in [0.15, 0.2) is 5.82 Å². The number of H-pyrrole nitrogens is 1. The summed E-state index contributed by atoms with van der Waals surface area (Å²) in [5.41, 5.74) is 2.67. The minimum Gasteiger partial charge on any atom is -0.772 e. The summed E-state index contributed by atoms with van der Waals surface area (Å²) in [7, 11) is 0. The van der Waals surface area contributed by atoms with Gasteiger partial charge in [-0.1, -0.05) is 24.9 Å². The fourth-order valence-electron chi connectivity index (χ4n) is 3.79. The second-order valence-corrected chi connectivity index (χ2v) is 9.08. The zero-order valence-corrected chi connectivity index (χ0v) is 17.8. The summed E-state index contributed by atoms with van der Waals surface area (Å²) in [5, 5.41) is 12.1. The Labute approximate surface area is 171 Å². The van der Waals surface area contributed by atoms with E-state index in [0.717, 1.165) is 29.1 Å². The van der Waals surface area contributed by atoms with Crippen molar-refractivity contribution in [3.63, 3.8) is 0 Å². The van der Waals surface area contributed by atoms with Gasteiger partial charge in [0.25, 0.3) is 0 Å². The highest BCUT2D eigenvalue weighted by molar-refractivity contribution is 7.79. The first-order valence-electron chi connectivity index (χ1n) is 9.58. The molecule has 0 radical (unpaired) electrons. The van der Waals surface area contributed by atoms with E-state index in [2.05, 4.69) is 27.0 Å². The Morgan fingerprint density at radius 3 is 2.86 bits per heavy atom. The zero-order chi connectivity index (χ0) is 20.8. The number of aromatic amines is 1. The van der Waals surface area contributed by atoms with E-state index in [1.54, 1.807) is 10.7 Å². The van der Waals surface area contributed by atoms with Gasteiger partial charge in [0.2, 0.25) is 0 Å². The molecule has 0 bridgehead atoms. The van der Waals surface area contributed by atoms with Crippen LogP contribution >= 0.6 is 0 Å². The van der Waals surface area contributed by atoms with Gasteiger partial charge < -0.3 is 14.2 Å². The number of nitrogens with one attached hydrogen (secondary N) is 1. The molecule has 0 aromatic carbocycles. The third-order valence-corrected chi connectivity index (χ3v) is 6.25. The van der Waals surface area contributed by atoms with Gasteiger partial charge >= 0.3 is 0 Å². The molecule has 0 saturated carbocycles. The quantitative estimate of drug-likeness (QED) is 0.630. The molecule has 29 heavy (non-hydrogen) atoms. The van der Waals surface area contributed by atoms with Crippen LogP contribution < -0.4 is 4.90 Å². The highest BCUT2D eigenvalue weighted by Gasteiger charge is 2.29. The van der Waals surface area contributed by atoms with Crippen LogP contribution in [0.3, 0.4) is 0 Å². The summed E-state index contributed by atoms with van der Waals surface area (Å²) in [4.78, 5) is 6.75. The van der Waals surface area contributed by atoms with E-state index in [4.69, 9.17) is 9.84 Å². The summed E-state index contributed by atoms with van der Waals surface area (Å²) in [6.07, 6.45) is 1.74. The second-order valence-electron chi connectivity index (χ2n) is 8.18. The summed E-state index contributed by atoms with van der Waals surface area (Å²) < 4.78 is 30.4. The molecule has 0 spiro atoms. The SMILES string of the molecule is Cc1cc(-c2ncc3c(C(C)(C)CS(=O)[O-])cc(N4CCOC[C@H]4C)nn23)n[nH]1. The summed E-state index contributed by atoms with van der Waals surface area (Å²) in [6, 6.07) is 4.07. The van der Waals surface area contributed by atoms with Crippen LogP contribution in [0.1, 0.15) is 32.0 Å². The normalized spacial score (nSPS) is 19.1. The molecule has 1 aliphatic heterocycles. The lowest BCUT2D eigenvalue weighted by molar-refractivity contribution is 0.0984. The van der Waals surface area contributed by atoms with Crippen molar-refractivity contribution in [2.45, 2.75) is 39.2 Å². The number of anilines is 1. The van der Waals surface area contributed by atoms with Crippen molar-refractivity contribution >= 4 is 22.4 Å².